The smallest absolute Gasteiger partial charge is 0.239 e. The van der Waals surface area contributed by atoms with Crippen LogP contribution in [-0.2, 0) is 11.4 Å². The highest BCUT2D eigenvalue weighted by Crippen LogP contribution is 2.27. The van der Waals surface area contributed by atoms with Gasteiger partial charge in [0.2, 0.25) is 5.91 Å². The summed E-state index contributed by atoms with van der Waals surface area (Å²) in [4.78, 5) is 13.5. The van der Waals surface area contributed by atoms with Crippen molar-refractivity contribution in [3.63, 3.8) is 0 Å². The molecule has 0 atom stereocenters. The fraction of sp³-hybridized carbons (Fsp3) is 0.462. The maximum atomic E-state index is 11.5. The maximum absolute atomic E-state index is 11.5. The molecule has 100 valence electrons. The fourth-order valence-corrected chi connectivity index (χ4v) is 2.39. The number of halogens is 1. The van der Waals surface area contributed by atoms with Gasteiger partial charge in [0.05, 0.1) is 18.8 Å². The average molecular weight is 315 g/mol. The minimum absolute atomic E-state index is 0.0124. The van der Waals surface area contributed by atoms with Gasteiger partial charge in [0.25, 0.3) is 0 Å². The Morgan fingerprint density at radius 1 is 1.50 bits per heavy atom. The number of nitrogens with zero attached hydrogens (tertiary/aromatic N) is 1. The molecule has 1 aromatic rings. The Balaban J connectivity index is 2.94. The zero-order valence-corrected chi connectivity index (χ0v) is 12.3. The topological polar surface area (TPSA) is 52.6 Å². The number of rotatable bonds is 6. The summed E-state index contributed by atoms with van der Waals surface area (Å²) in [5.74, 6) is -0.0124. The van der Waals surface area contributed by atoms with Crippen molar-refractivity contribution in [2.24, 2.45) is 0 Å². The van der Waals surface area contributed by atoms with Gasteiger partial charge < -0.3 is 15.3 Å². The SMILES string of the molecule is CCCN(CC(=O)NC)c1ccc(CO)cc1Br. The van der Waals surface area contributed by atoms with Crippen molar-refractivity contribution in [3.05, 3.63) is 28.2 Å². The van der Waals surface area contributed by atoms with Crippen LogP contribution in [0, 0.1) is 0 Å². The number of aliphatic hydroxyl groups excluding tert-OH is 1. The van der Waals surface area contributed by atoms with Crippen LogP contribution in [0.4, 0.5) is 5.69 Å². The van der Waals surface area contributed by atoms with E-state index in [-0.39, 0.29) is 12.5 Å². The van der Waals surface area contributed by atoms with Crippen LogP contribution >= 0.6 is 15.9 Å². The van der Waals surface area contributed by atoms with E-state index in [0.717, 1.165) is 28.7 Å². The van der Waals surface area contributed by atoms with Crippen molar-refractivity contribution in [2.75, 3.05) is 25.0 Å². The van der Waals surface area contributed by atoms with Crippen LogP contribution in [0.5, 0.6) is 0 Å². The minimum Gasteiger partial charge on any atom is -0.392 e. The summed E-state index contributed by atoms with van der Waals surface area (Å²) in [5.41, 5.74) is 1.82. The zero-order valence-electron chi connectivity index (χ0n) is 10.7. The summed E-state index contributed by atoms with van der Waals surface area (Å²) in [5, 5.41) is 11.7. The molecule has 1 rings (SSSR count). The van der Waals surface area contributed by atoms with Gasteiger partial charge in [0.1, 0.15) is 0 Å². The molecule has 0 aliphatic carbocycles. The molecule has 0 unspecified atom stereocenters. The largest absolute Gasteiger partial charge is 0.392 e. The lowest BCUT2D eigenvalue weighted by Crippen LogP contribution is -2.36. The summed E-state index contributed by atoms with van der Waals surface area (Å²) in [6.45, 7) is 3.24. The summed E-state index contributed by atoms with van der Waals surface area (Å²) < 4.78 is 0.895. The van der Waals surface area contributed by atoms with Crippen molar-refractivity contribution in [3.8, 4) is 0 Å². The van der Waals surface area contributed by atoms with Crippen LogP contribution in [0.1, 0.15) is 18.9 Å². The van der Waals surface area contributed by atoms with Crippen LogP contribution in [-0.4, -0.2) is 31.2 Å². The van der Waals surface area contributed by atoms with E-state index < -0.39 is 0 Å². The summed E-state index contributed by atoms with van der Waals surface area (Å²) in [6, 6.07) is 5.67. The van der Waals surface area contributed by atoms with E-state index >= 15 is 0 Å². The van der Waals surface area contributed by atoms with E-state index in [2.05, 4.69) is 28.2 Å². The predicted octanol–water partition coefficient (Wildman–Crippen LogP) is 1.90. The second-order valence-electron chi connectivity index (χ2n) is 4.04. The second kappa shape index (κ2) is 7.38. The fourth-order valence-electron chi connectivity index (χ4n) is 1.71. The summed E-state index contributed by atoms with van der Waals surface area (Å²) in [7, 11) is 1.64. The Labute approximate surface area is 116 Å². The van der Waals surface area contributed by atoms with E-state index in [1.54, 1.807) is 7.05 Å². The average Bonchev–Trinajstić information content (AvgIpc) is 2.38. The normalized spacial score (nSPS) is 10.2. The van der Waals surface area contributed by atoms with Gasteiger partial charge in [0, 0.05) is 18.1 Å². The molecule has 0 spiro atoms. The molecular weight excluding hydrogens is 296 g/mol. The summed E-state index contributed by atoms with van der Waals surface area (Å²) >= 11 is 3.49. The van der Waals surface area contributed by atoms with Gasteiger partial charge in [0.15, 0.2) is 0 Å². The standard InChI is InChI=1S/C13H19BrN2O2/c1-3-6-16(8-13(18)15-2)12-5-4-10(9-17)7-11(12)14/h4-5,7,17H,3,6,8-9H2,1-2H3,(H,15,18). The number of hydrogen-bond acceptors (Lipinski definition) is 3. The Morgan fingerprint density at radius 2 is 2.22 bits per heavy atom. The molecule has 18 heavy (non-hydrogen) atoms. The number of nitrogens with one attached hydrogen (secondary N) is 1. The van der Waals surface area contributed by atoms with Crippen molar-refractivity contribution >= 4 is 27.5 Å². The van der Waals surface area contributed by atoms with Crippen molar-refractivity contribution in [1.29, 1.82) is 0 Å². The Bertz CT molecular complexity index is 410. The molecule has 4 nitrogen and oxygen atoms in total. The lowest BCUT2D eigenvalue weighted by molar-refractivity contribution is -0.119. The number of carbonyl (C=O) groups excluding carboxylic acids is 1. The highest BCUT2D eigenvalue weighted by atomic mass is 79.9. The molecule has 1 amide bonds. The lowest BCUT2D eigenvalue weighted by atomic mass is 10.2. The first-order valence-electron chi connectivity index (χ1n) is 5.97. The van der Waals surface area contributed by atoms with Crippen molar-refractivity contribution < 1.29 is 9.90 Å². The number of anilines is 1. The first-order valence-corrected chi connectivity index (χ1v) is 6.76. The van der Waals surface area contributed by atoms with E-state index in [1.807, 2.05) is 23.1 Å². The van der Waals surface area contributed by atoms with Crippen LogP contribution in [0.3, 0.4) is 0 Å². The summed E-state index contributed by atoms with van der Waals surface area (Å²) in [6.07, 6.45) is 0.963. The van der Waals surface area contributed by atoms with Gasteiger partial charge in [-0.15, -0.1) is 0 Å². The molecule has 0 bridgehead atoms. The zero-order chi connectivity index (χ0) is 13.5. The highest BCUT2D eigenvalue weighted by Gasteiger charge is 2.13. The van der Waals surface area contributed by atoms with E-state index in [4.69, 9.17) is 5.11 Å². The van der Waals surface area contributed by atoms with Gasteiger partial charge in [-0.1, -0.05) is 13.0 Å². The quantitative estimate of drug-likeness (QED) is 0.843. The third kappa shape index (κ3) is 3.99. The molecule has 0 aliphatic rings. The molecule has 0 saturated carbocycles. The van der Waals surface area contributed by atoms with Gasteiger partial charge in [-0.25, -0.2) is 0 Å². The molecule has 0 fully saturated rings. The monoisotopic (exact) mass is 314 g/mol. The number of aliphatic hydroxyl groups is 1. The minimum atomic E-state index is -0.0124. The third-order valence-corrected chi connectivity index (χ3v) is 3.28. The van der Waals surface area contributed by atoms with Crippen LogP contribution < -0.4 is 10.2 Å². The first-order chi connectivity index (χ1) is 8.62. The number of hydrogen-bond donors (Lipinski definition) is 2. The Kier molecular flexibility index (Phi) is 6.15. The van der Waals surface area contributed by atoms with Gasteiger partial charge in [-0.05, 0) is 40.0 Å². The van der Waals surface area contributed by atoms with E-state index in [1.165, 1.54) is 0 Å². The van der Waals surface area contributed by atoms with Crippen molar-refractivity contribution in [2.45, 2.75) is 20.0 Å². The molecule has 0 aliphatic heterocycles. The molecule has 5 heteroatoms. The lowest BCUT2D eigenvalue weighted by Gasteiger charge is -2.24. The molecule has 0 saturated heterocycles. The molecule has 0 aromatic heterocycles. The Morgan fingerprint density at radius 3 is 2.72 bits per heavy atom. The van der Waals surface area contributed by atoms with Crippen LogP contribution in [0.25, 0.3) is 0 Å². The molecule has 2 N–H and O–H groups in total. The van der Waals surface area contributed by atoms with E-state index in [9.17, 15) is 4.79 Å². The van der Waals surface area contributed by atoms with Crippen LogP contribution in [0.2, 0.25) is 0 Å². The molecule has 0 radical (unpaired) electrons. The number of likely N-dealkylation sites (N-methyl/N-ethyl adjacent to an activating group) is 1. The maximum Gasteiger partial charge on any atom is 0.239 e. The van der Waals surface area contributed by atoms with E-state index in [0.29, 0.717) is 6.54 Å². The molecule has 1 aromatic carbocycles. The number of amides is 1. The number of carbonyl (C=O) groups is 1. The first kappa shape index (κ1) is 15.0. The predicted molar refractivity (Wildman–Crippen MR) is 76.6 cm³/mol. The second-order valence-corrected chi connectivity index (χ2v) is 4.89. The van der Waals surface area contributed by atoms with Gasteiger partial charge in [-0.3, -0.25) is 4.79 Å². The highest BCUT2D eigenvalue weighted by molar-refractivity contribution is 9.10. The molecule has 0 heterocycles. The van der Waals surface area contributed by atoms with Crippen LogP contribution in [0.15, 0.2) is 22.7 Å². The third-order valence-electron chi connectivity index (χ3n) is 2.64. The van der Waals surface area contributed by atoms with Crippen molar-refractivity contribution in [1.82, 2.24) is 5.32 Å². The molecular formula is C13H19BrN2O2. The number of benzene rings is 1. The van der Waals surface area contributed by atoms with Gasteiger partial charge in [-0.2, -0.15) is 0 Å². The Hall–Kier alpha value is -1.07. The van der Waals surface area contributed by atoms with Gasteiger partial charge >= 0.3 is 0 Å².